The molecule has 1 atom stereocenters. The van der Waals surface area contributed by atoms with E-state index in [1.807, 2.05) is 6.92 Å². The summed E-state index contributed by atoms with van der Waals surface area (Å²) < 4.78 is 0. The van der Waals surface area contributed by atoms with Crippen molar-refractivity contribution in [3.8, 4) is 0 Å². The van der Waals surface area contributed by atoms with Crippen molar-refractivity contribution < 1.29 is 4.79 Å². The summed E-state index contributed by atoms with van der Waals surface area (Å²) in [5, 5.41) is 3.28. The molecule has 2 nitrogen and oxygen atoms in total. The van der Waals surface area contributed by atoms with Crippen LogP contribution < -0.4 is 5.32 Å². The van der Waals surface area contributed by atoms with Crippen LogP contribution in [0.1, 0.15) is 34.6 Å². The fourth-order valence-electron chi connectivity index (χ4n) is 0.603. The number of carbonyl (C=O) groups excluding carboxylic acids is 1. The summed E-state index contributed by atoms with van der Waals surface area (Å²) in [5.74, 6) is 0.385. The molecule has 0 aliphatic heterocycles. The molecule has 11 heavy (non-hydrogen) atoms. The minimum atomic E-state index is 0.115. The van der Waals surface area contributed by atoms with Crippen molar-refractivity contribution in [2.45, 2.75) is 40.2 Å². The number of ketones is 1. The zero-order valence-corrected chi connectivity index (χ0v) is 8.19. The topological polar surface area (TPSA) is 29.1 Å². The summed E-state index contributed by atoms with van der Waals surface area (Å²) in [5.41, 5.74) is 0.115. The molecular formula is C9H19NO. The zero-order valence-electron chi connectivity index (χ0n) is 8.19. The first kappa shape index (κ1) is 10.6. The highest BCUT2D eigenvalue weighted by Crippen LogP contribution is 2.01. The van der Waals surface area contributed by atoms with Crippen molar-refractivity contribution in [3.63, 3.8) is 0 Å². The standard InChI is InChI=1S/C9H19NO/c1-7(8(2)11)6-10-9(3,4)5/h7,10H,6H2,1-5H3. The molecule has 0 aromatic carbocycles. The molecule has 0 spiro atoms. The molecule has 0 amide bonds. The highest BCUT2D eigenvalue weighted by atomic mass is 16.1. The molecule has 0 fully saturated rings. The number of rotatable bonds is 3. The van der Waals surface area contributed by atoms with Crippen LogP contribution >= 0.6 is 0 Å². The van der Waals surface area contributed by atoms with Gasteiger partial charge in [0.1, 0.15) is 5.78 Å². The second-order valence-electron chi connectivity index (χ2n) is 4.14. The summed E-state index contributed by atoms with van der Waals surface area (Å²) in [6, 6.07) is 0. The van der Waals surface area contributed by atoms with Gasteiger partial charge in [-0.05, 0) is 27.7 Å². The molecule has 66 valence electrons. The Hall–Kier alpha value is -0.370. The first-order valence-electron chi connectivity index (χ1n) is 4.08. The van der Waals surface area contributed by atoms with E-state index in [0.717, 1.165) is 6.54 Å². The lowest BCUT2D eigenvalue weighted by Gasteiger charge is -2.22. The number of nitrogens with one attached hydrogen (secondary N) is 1. The molecule has 1 unspecified atom stereocenters. The average molecular weight is 157 g/mol. The third-order valence-electron chi connectivity index (χ3n) is 1.63. The Morgan fingerprint density at radius 1 is 1.45 bits per heavy atom. The van der Waals surface area contributed by atoms with Crippen LogP contribution in [-0.2, 0) is 4.79 Å². The van der Waals surface area contributed by atoms with Crippen LogP contribution in [0.2, 0.25) is 0 Å². The monoisotopic (exact) mass is 157 g/mol. The van der Waals surface area contributed by atoms with Gasteiger partial charge in [-0.25, -0.2) is 0 Å². The smallest absolute Gasteiger partial charge is 0.133 e. The molecule has 0 bridgehead atoms. The Balaban J connectivity index is 3.63. The van der Waals surface area contributed by atoms with Crippen molar-refractivity contribution in [3.05, 3.63) is 0 Å². The highest BCUT2D eigenvalue weighted by molar-refractivity contribution is 5.78. The van der Waals surface area contributed by atoms with E-state index < -0.39 is 0 Å². The summed E-state index contributed by atoms with van der Waals surface area (Å²) in [7, 11) is 0. The number of Topliss-reactive ketones (excluding diaryl/α,β-unsaturated/α-hetero) is 1. The van der Waals surface area contributed by atoms with E-state index in [4.69, 9.17) is 0 Å². The fourth-order valence-corrected chi connectivity index (χ4v) is 0.603. The highest BCUT2D eigenvalue weighted by Gasteiger charge is 2.12. The predicted octanol–water partition coefficient (Wildman–Crippen LogP) is 1.60. The molecule has 0 aromatic heterocycles. The van der Waals surface area contributed by atoms with Gasteiger partial charge in [-0.15, -0.1) is 0 Å². The first-order chi connectivity index (χ1) is 4.83. The van der Waals surface area contributed by atoms with Gasteiger partial charge in [-0.3, -0.25) is 4.79 Å². The van der Waals surface area contributed by atoms with Crippen LogP contribution in [0.25, 0.3) is 0 Å². The van der Waals surface area contributed by atoms with Gasteiger partial charge < -0.3 is 5.32 Å². The van der Waals surface area contributed by atoms with Crippen molar-refractivity contribution in [2.24, 2.45) is 5.92 Å². The van der Waals surface area contributed by atoms with Crippen LogP contribution in [0.15, 0.2) is 0 Å². The van der Waals surface area contributed by atoms with Gasteiger partial charge in [0, 0.05) is 18.0 Å². The largest absolute Gasteiger partial charge is 0.311 e. The maximum absolute atomic E-state index is 10.8. The van der Waals surface area contributed by atoms with E-state index in [1.165, 1.54) is 0 Å². The van der Waals surface area contributed by atoms with Crippen LogP contribution in [0.4, 0.5) is 0 Å². The Kier molecular flexibility index (Phi) is 3.73. The molecule has 0 aliphatic carbocycles. The molecule has 1 N–H and O–H groups in total. The molecule has 0 rings (SSSR count). The fraction of sp³-hybridized carbons (Fsp3) is 0.889. The normalized spacial score (nSPS) is 14.6. The van der Waals surface area contributed by atoms with Crippen molar-refractivity contribution >= 4 is 5.78 Å². The minimum Gasteiger partial charge on any atom is -0.311 e. The van der Waals surface area contributed by atoms with Gasteiger partial charge >= 0.3 is 0 Å². The van der Waals surface area contributed by atoms with Crippen molar-refractivity contribution in [1.29, 1.82) is 0 Å². The van der Waals surface area contributed by atoms with E-state index in [0.29, 0.717) is 0 Å². The Bertz CT molecular complexity index is 135. The summed E-state index contributed by atoms with van der Waals surface area (Å²) >= 11 is 0. The lowest BCUT2D eigenvalue weighted by Crippen LogP contribution is -2.39. The van der Waals surface area contributed by atoms with E-state index in [1.54, 1.807) is 6.92 Å². The molecule has 0 saturated carbocycles. The molecular weight excluding hydrogens is 138 g/mol. The van der Waals surface area contributed by atoms with Gasteiger partial charge in [0.05, 0.1) is 0 Å². The molecule has 0 radical (unpaired) electrons. The maximum atomic E-state index is 10.8. The van der Waals surface area contributed by atoms with E-state index >= 15 is 0 Å². The predicted molar refractivity (Wildman–Crippen MR) is 47.6 cm³/mol. The lowest BCUT2D eigenvalue weighted by molar-refractivity contribution is -0.120. The zero-order chi connectivity index (χ0) is 9.07. The van der Waals surface area contributed by atoms with Crippen LogP contribution in [0.3, 0.4) is 0 Å². The van der Waals surface area contributed by atoms with Gasteiger partial charge in [0.15, 0.2) is 0 Å². The van der Waals surface area contributed by atoms with Crippen LogP contribution in [0, 0.1) is 5.92 Å². The summed E-state index contributed by atoms with van der Waals surface area (Å²) in [6.45, 7) is 10.6. The molecule has 2 heteroatoms. The second-order valence-corrected chi connectivity index (χ2v) is 4.14. The summed E-state index contributed by atoms with van der Waals surface area (Å²) in [4.78, 5) is 10.8. The Labute approximate surface area is 69.4 Å². The molecule has 0 aromatic rings. The van der Waals surface area contributed by atoms with E-state index in [9.17, 15) is 4.79 Å². The van der Waals surface area contributed by atoms with Gasteiger partial charge in [0.2, 0.25) is 0 Å². The maximum Gasteiger partial charge on any atom is 0.133 e. The minimum absolute atomic E-state index is 0.115. The lowest BCUT2D eigenvalue weighted by atomic mass is 10.0. The van der Waals surface area contributed by atoms with Crippen LogP contribution in [0.5, 0.6) is 0 Å². The van der Waals surface area contributed by atoms with Gasteiger partial charge in [0.25, 0.3) is 0 Å². The number of carbonyl (C=O) groups is 1. The van der Waals surface area contributed by atoms with E-state index in [2.05, 4.69) is 26.1 Å². The van der Waals surface area contributed by atoms with E-state index in [-0.39, 0.29) is 17.2 Å². The third kappa shape index (κ3) is 6.05. The van der Waals surface area contributed by atoms with Gasteiger partial charge in [-0.1, -0.05) is 6.92 Å². The first-order valence-corrected chi connectivity index (χ1v) is 4.08. The third-order valence-corrected chi connectivity index (χ3v) is 1.63. The van der Waals surface area contributed by atoms with Crippen molar-refractivity contribution in [1.82, 2.24) is 5.32 Å². The quantitative estimate of drug-likeness (QED) is 0.674. The Morgan fingerprint density at radius 3 is 2.18 bits per heavy atom. The number of hydrogen-bond acceptors (Lipinski definition) is 2. The molecule has 0 aliphatic rings. The Morgan fingerprint density at radius 2 is 1.91 bits per heavy atom. The SMILES string of the molecule is CC(=O)C(C)CNC(C)(C)C. The molecule has 0 heterocycles. The number of hydrogen-bond donors (Lipinski definition) is 1. The molecule has 0 saturated heterocycles. The second kappa shape index (κ2) is 3.86. The average Bonchev–Trinajstić information content (AvgIpc) is 1.80. The summed E-state index contributed by atoms with van der Waals surface area (Å²) in [6.07, 6.45) is 0. The van der Waals surface area contributed by atoms with Gasteiger partial charge in [-0.2, -0.15) is 0 Å². The van der Waals surface area contributed by atoms with Crippen molar-refractivity contribution in [2.75, 3.05) is 6.54 Å². The van der Waals surface area contributed by atoms with Crippen LogP contribution in [-0.4, -0.2) is 17.9 Å².